The third kappa shape index (κ3) is 6.53. The molecule has 1 aromatic heterocycles. The molecular weight excluding hydrogens is 398 g/mol. The van der Waals surface area contributed by atoms with E-state index in [0.29, 0.717) is 18.0 Å². The molecule has 0 aliphatic heterocycles. The van der Waals surface area contributed by atoms with Gasteiger partial charge in [-0.2, -0.15) is 0 Å². The average Bonchev–Trinajstić information content (AvgIpc) is 2.70. The van der Waals surface area contributed by atoms with Crippen molar-refractivity contribution < 1.29 is 23.8 Å². The van der Waals surface area contributed by atoms with Gasteiger partial charge < -0.3 is 24.5 Å². The second-order valence-corrected chi connectivity index (χ2v) is 7.29. The van der Waals surface area contributed by atoms with Gasteiger partial charge in [-0.3, -0.25) is 14.4 Å². The van der Waals surface area contributed by atoms with Gasteiger partial charge in [0.2, 0.25) is 5.91 Å². The number of carbonyl (C=O) groups excluding carboxylic acids is 2. The minimum Gasteiger partial charge on any atom is -0.493 e. The van der Waals surface area contributed by atoms with E-state index in [9.17, 15) is 14.4 Å². The maximum absolute atomic E-state index is 12.4. The van der Waals surface area contributed by atoms with E-state index < -0.39 is 16.8 Å². The summed E-state index contributed by atoms with van der Waals surface area (Å²) in [5.74, 6) is 0.449. The summed E-state index contributed by atoms with van der Waals surface area (Å²) in [5.41, 5.74) is 0.722. The summed E-state index contributed by atoms with van der Waals surface area (Å²) < 4.78 is 15.0. The Morgan fingerprint density at radius 3 is 2.55 bits per heavy atom. The zero-order valence-corrected chi connectivity index (χ0v) is 17.4. The van der Waals surface area contributed by atoms with E-state index in [4.69, 9.17) is 9.47 Å². The first-order chi connectivity index (χ1) is 13.9. The van der Waals surface area contributed by atoms with Crippen LogP contribution in [0.5, 0.6) is 11.5 Å². The second-order valence-electron chi connectivity index (χ2n) is 5.96. The smallest absolute Gasteiger partial charge is 0.311 e. The summed E-state index contributed by atoms with van der Waals surface area (Å²) in [6.07, 6.45) is -0.117. The zero-order chi connectivity index (χ0) is 21.4. The molecule has 156 valence electrons. The molecule has 0 aliphatic carbocycles. The van der Waals surface area contributed by atoms with Gasteiger partial charge in [-0.15, -0.1) is 0 Å². The van der Waals surface area contributed by atoms with Crippen molar-refractivity contribution in [1.82, 2.24) is 15.3 Å². The van der Waals surface area contributed by atoms with Gasteiger partial charge in [0.15, 0.2) is 16.7 Å². The van der Waals surface area contributed by atoms with E-state index in [-0.39, 0.29) is 23.2 Å². The van der Waals surface area contributed by atoms with Gasteiger partial charge in [-0.25, -0.2) is 4.98 Å². The summed E-state index contributed by atoms with van der Waals surface area (Å²) in [4.78, 5) is 42.3. The van der Waals surface area contributed by atoms with Gasteiger partial charge in [-0.1, -0.05) is 17.8 Å². The molecule has 0 bridgehead atoms. The average molecular weight is 421 g/mol. The van der Waals surface area contributed by atoms with Crippen LogP contribution < -0.4 is 20.3 Å². The number of benzene rings is 1. The Labute approximate surface area is 172 Å². The van der Waals surface area contributed by atoms with Crippen LogP contribution in [0.15, 0.2) is 34.2 Å². The first-order valence-electron chi connectivity index (χ1n) is 8.68. The molecule has 0 spiro atoms. The molecule has 1 atom stereocenters. The third-order valence-corrected chi connectivity index (χ3v) is 4.88. The molecule has 0 unspecified atom stereocenters. The number of hydrogen-bond acceptors (Lipinski definition) is 8. The Balaban J connectivity index is 1.99. The summed E-state index contributed by atoms with van der Waals surface area (Å²) in [6.45, 7) is 2.00. The number of aromatic nitrogens is 2. The lowest BCUT2D eigenvalue weighted by molar-refractivity contribution is -0.139. The quantitative estimate of drug-likeness (QED) is 0.353. The highest BCUT2D eigenvalue weighted by Crippen LogP contribution is 2.27. The van der Waals surface area contributed by atoms with E-state index in [1.807, 2.05) is 6.07 Å². The van der Waals surface area contributed by atoms with E-state index in [2.05, 4.69) is 20.0 Å². The molecule has 1 amide bonds. The monoisotopic (exact) mass is 421 g/mol. The highest BCUT2D eigenvalue weighted by molar-refractivity contribution is 8.00. The van der Waals surface area contributed by atoms with Crippen LogP contribution in [0.2, 0.25) is 0 Å². The number of esters is 1. The Morgan fingerprint density at radius 1 is 1.17 bits per heavy atom. The first kappa shape index (κ1) is 22.3. The molecule has 0 fully saturated rings. The van der Waals surface area contributed by atoms with Gasteiger partial charge in [0.1, 0.15) is 0 Å². The molecule has 0 saturated carbocycles. The largest absolute Gasteiger partial charge is 0.493 e. The van der Waals surface area contributed by atoms with E-state index >= 15 is 0 Å². The molecule has 1 heterocycles. The number of aromatic amines is 1. The molecule has 0 saturated heterocycles. The molecule has 2 aromatic rings. The Morgan fingerprint density at radius 2 is 1.90 bits per heavy atom. The Kier molecular flexibility index (Phi) is 8.08. The lowest BCUT2D eigenvalue weighted by atomic mass is 10.2. The summed E-state index contributed by atoms with van der Waals surface area (Å²) >= 11 is 1.09. The van der Waals surface area contributed by atoms with Gasteiger partial charge in [-0.05, 0) is 24.6 Å². The first-order valence-corrected chi connectivity index (χ1v) is 9.56. The number of methoxy groups -OCH3 is 3. The fourth-order valence-corrected chi connectivity index (χ4v) is 3.25. The predicted molar refractivity (Wildman–Crippen MR) is 107 cm³/mol. The third-order valence-electron chi connectivity index (χ3n) is 3.90. The van der Waals surface area contributed by atoms with Crippen LogP contribution in [0.25, 0.3) is 0 Å². The predicted octanol–water partition coefficient (Wildman–Crippen LogP) is 1.30. The molecule has 2 N–H and O–H groups in total. The van der Waals surface area contributed by atoms with Crippen molar-refractivity contribution in [2.24, 2.45) is 0 Å². The number of H-pyrrole nitrogens is 1. The van der Waals surface area contributed by atoms with Crippen LogP contribution in [0.4, 0.5) is 0 Å². The number of rotatable bonds is 9. The standard InChI is InChI=1S/C19H23N3O6S/c1-11(29-19-21-13(8-16(23)22-19)9-17(24)28-4)18(25)20-10-12-5-6-14(26-2)15(7-12)27-3/h5-8,11H,9-10H2,1-4H3,(H,20,25)(H,21,22,23)/t11-/m1/s1. The zero-order valence-electron chi connectivity index (χ0n) is 16.6. The number of nitrogens with one attached hydrogen (secondary N) is 2. The van der Waals surface area contributed by atoms with E-state index in [0.717, 1.165) is 17.3 Å². The van der Waals surface area contributed by atoms with Crippen molar-refractivity contribution in [2.75, 3.05) is 21.3 Å². The number of hydrogen-bond donors (Lipinski definition) is 2. The number of ether oxygens (including phenoxy) is 3. The van der Waals surface area contributed by atoms with Crippen molar-refractivity contribution in [3.8, 4) is 11.5 Å². The highest BCUT2D eigenvalue weighted by atomic mass is 32.2. The van der Waals surface area contributed by atoms with E-state index in [1.54, 1.807) is 33.3 Å². The number of amides is 1. The van der Waals surface area contributed by atoms with Crippen molar-refractivity contribution in [1.29, 1.82) is 0 Å². The summed E-state index contributed by atoms with van der Waals surface area (Å²) in [5, 5.41) is 2.56. The van der Waals surface area contributed by atoms with Gasteiger partial charge in [0.25, 0.3) is 5.56 Å². The number of thioether (sulfide) groups is 1. The highest BCUT2D eigenvalue weighted by Gasteiger charge is 2.17. The molecular formula is C19H23N3O6S. The van der Waals surface area contributed by atoms with Crippen molar-refractivity contribution in [2.45, 2.75) is 30.3 Å². The molecule has 0 aliphatic rings. The maximum Gasteiger partial charge on any atom is 0.311 e. The molecule has 0 radical (unpaired) electrons. The lowest BCUT2D eigenvalue weighted by Crippen LogP contribution is -2.30. The topological polar surface area (TPSA) is 120 Å². The van der Waals surface area contributed by atoms with Gasteiger partial charge in [0.05, 0.1) is 38.7 Å². The second kappa shape index (κ2) is 10.5. The molecule has 2 rings (SSSR count). The Hall–Kier alpha value is -3.01. The minimum atomic E-state index is -0.522. The van der Waals surface area contributed by atoms with Crippen LogP contribution in [0.3, 0.4) is 0 Å². The summed E-state index contributed by atoms with van der Waals surface area (Å²) in [7, 11) is 4.35. The number of carbonyl (C=O) groups is 2. The van der Waals surface area contributed by atoms with Gasteiger partial charge in [0, 0.05) is 12.6 Å². The van der Waals surface area contributed by atoms with Crippen LogP contribution in [0, 0.1) is 0 Å². The van der Waals surface area contributed by atoms with Crippen LogP contribution in [-0.2, 0) is 27.3 Å². The fourth-order valence-electron chi connectivity index (χ4n) is 2.39. The van der Waals surface area contributed by atoms with Crippen LogP contribution >= 0.6 is 11.8 Å². The Bertz CT molecular complexity index is 930. The SMILES string of the molecule is COC(=O)Cc1cc(=O)[nH]c(S[C@H](C)C(=O)NCc2ccc(OC)c(OC)c2)n1. The molecule has 1 aromatic carbocycles. The summed E-state index contributed by atoms with van der Waals surface area (Å²) in [6, 6.07) is 6.60. The minimum absolute atomic E-state index is 0.117. The number of nitrogens with zero attached hydrogens (tertiary/aromatic N) is 1. The van der Waals surface area contributed by atoms with Crippen molar-refractivity contribution >= 4 is 23.6 Å². The molecule has 10 heteroatoms. The van der Waals surface area contributed by atoms with Crippen molar-refractivity contribution in [3.05, 3.63) is 45.9 Å². The molecule has 9 nitrogen and oxygen atoms in total. The molecule has 29 heavy (non-hydrogen) atoms. The fraction of sp³-hybridized carbons (Fsp3) is 0.368. The van der Waals surface area contributed by atoms with Crippen LogP contribution in [-0.4, -0.2) is 48.4 Å². The maximum atomic E-state index is 12.4. The van der Waals surface area contributed by atoms with Crippen molar-refractivity contribution in [3.63, 3.8) is 0 Å². The van der Waals surface area contributed by atoms with E-state index in [1.165, 1.54) is 13.2 Å². The van der Waals surface area contributed by atoms with Gasteiger partial charge >= 0.3 is 5.97 Å². The normalized spacial score (nSPS) is 11.4. The van der Waals surface area contributed by atoms with Crippen LogP contribution in [0.1, 0.15) is 18.2 Å². The lowest BCUT2D eigenvalue weighted by Gasteiger charge is -2.13.